The fourth-order valence-electron chi connectivity index (χ4n) is 3.55. The van der Waals surface area contributed by atoms with Crippen LogP contribution in [0.2, 0.25) is 0 Å². The van der Waals surface area contributed by atoms with E-state index >= 15 is 0 Å². The van der Waals surface area contributed by atoms with E-state index in [2.05, 4.69) is 48.8 Å². The van der Waals surface area contributed by atoms with Crippen molar-refractivity contribution < 1.29 is 9.32 Å². The maximum atomic E-state index is 12.1. The van der Waals surface area contributed by atoms with Crippen LogP contribution in [0.15, 0.2) is 28.9 Å². The van der Waals surface area contributed by atoms with Crippen molar-refractivity contribution in [2.24, 2.45) is 0 Å². The van der Waals surface area contributed by atoms with E-state index in [4.69, 9.17) is 4.52 Å². The lowest BCUT2D eigenvalue weighted by atomic mass is 10.1. The SMILES string of the molecule is O=C(NC1CC1)c1noc([C@@H]2CCCN2Cc2ccc3cn[nH]c3c2)n1. The molecular weight excluding hydrogens is 332 g/mol. The van der Waals surface area contributed by atoms with Crippen LogP contribution in [0.25, 0.3) is 10.9 Å². The summed E-state index contributed by atoms with van der Waals surface area (Å²) in [5.41, 5.74) is 2.25. The molecule has 2 aliphatic rings. The van der Waals surface area contributed by atoms with Gasteiger partial charge in [-0.1, -0.05) is 17.3 Å². The highest BCUT2D eigenvalue weighted by atomic mass is 16.5. The fraction of sp³-hybridized carbons (Fsp3) is 0.444. The van der Waals surface area contributed by atoms with Crippen LogP contribution in [0, 0.1) is 0 Å². The van der Waals surface area contributed by atoms with Crippen molar-refractivity contribution in [3.05, 3.63) is 41.7 Å². The number of aromatic amines is 1. The smallest absolute Gasteiger partial charge is 0.292 e. The van der Waals surface area contributed by atoms with Gasteiger partial charge >= 0.3 is 0 Å². The summed E-state index contributed by atoms with van der Waals surface area (Å²) < 4.78 is 5.42. The zero-order valence-electron chi connectivity index (χ0n) is 14.3. The maximum Gasteiger partial charge on any atom is 0.292 e. The predicted molar refractivity (Wildman–Crippen MR) is 93.3 cm³/mol. The molecule has 1 aromatic carbocycles. The Kier molecular flexibility index (Phi) is 3.70. The zero-order valence-corrected chi connectivity index (χ0v) is 14.3. The van der Waals surface area contributed by atoms with Gasteiger partial charge in [-0.15, -0.1) is 0 Å². The van der Waals surface area contributed by atoms with Gasteiger partial charge in [-0.3, -0.25) is 14.8 Å². The normalized spacial score (nSPS) is 20.7. The predicted octanol–water partition coefficient (Wildman–Crippen LogP) is 2.18. The van der Waals surface area contributed by atoms with Gasteiger partial charge in [0.05, 0.1) is 17.8 Å². The number of hydrogen-bond acceptors (Lipinski definition) is 6. The third kappa shape index (κ3) is 2.96. The van der Waals surface area contributed by atoms with E-state index in [9.17, 15) is 4.79 Å². The van der Waals surface area contributed by atoms with E-state index in [1.165, 1.54) is 5.56 Å². The topological polar surface area (TPSA) is 99.9 Å². The van der Waals surface area contributed by atoms with E-state index < -0.39 is 0 Å². The molecular formula is C18H20N6O2. The highest BCUT2D eigenvalue weighted by molar-refractivity contribution is 5.90. The number of likely N-dealkylation sites (tertiary alicyclic amines) is 1. The number of fused-ring (bicyclic) bond motifs is 1. The minimum atomic E-state index is -0.239. The van der Waals surface area contributed by atoms with Crippen LogP contribution in [0.4, 0.5) is 0 Å². The average molecular weight is 352 g/mol. The molecule has 1 atom stereocenters. The number of carbonyl (C=O) groups excluding carboxylic acids is 1. The van der Waals surface area contributed by atoms with Crippen molar-refractivity contribution in [3.63, 3.8) is 0 Å². The number of nitrogens with zero attached hydrogens (tertiary/aromatic N) is 4. The van der Waals surface area contributed by atoms with Gasteiger partial charge in [0.1, 0.15) is 0 Å². The van der Waals surface area contributed by atoms with Crippen molar-refractivity contribution in [1.82, 2.24) is 30.6 Å². The molecule has 0 unspecified atom stereocenters. The first kappa shape index (κ1) is 15.5. The molecule has 1 saturated heterocycles. The Morgan fingerprint density at radius 2 is 2.27 bits per heavy atom. The van der Waals surface area contributed by atoms with Gasteiger partial charge in [0, 0.05) is 18.0 Å². The molecule has 134 valence electrons. The summed E-state index contributed by atoms with van der Waals surface area (Å²) >= 11 is 0. The lowest BCUT2D eigenvalue weighted by Gasteiger charge is -2.21. The minimum absolute atomic E-state index is 0.0578. The molecule has 3 heterocycles. The highest BCUT2D eigenvalue weighted by Crippen LogP contribution is 2.32. The highest BCUT2D eigenvalue weighted by Gasteiger charge is 2.32. The largest absolute Gasteiger partial charge is 0.346 e. The van der Waals surface area contributed by atoms with Gasteiger partial charge < -0.3 is 9.84 Å². The van der Waals surface area contributed by atoms with Crippen molar-refractivity contribution in [1.29, 1.82) is 0 Å². The molecule has 1 aliphatic carbocycles. The van der Waals surface area contributed by atoms with E-state index in [0.717, 1.165) is 49.7 Å². The number of aromatic nitrogens is 4. The molecule has 3 aromatic rings. The number of benzene rings is 1. The molecule has 2 aromatic heterocycles. The summed E-state index contributed by atoms with van der Waals surface area (Å²) in [5.74, 6) is 0.431. The quantitative estimate of drug-likeness (QED) is 0.730. The Balaban J connectivity index is 1.31. The number of carbonyl (C=O) groups is 1. The maximum absolute atomic E-state index is 12.1. The molecule has 1 aliphatic heterocycles. The van der Waals surface area contributed by atoms with Crippen LogP contribution in [0.3, 0.4) is 0 Å². The first-order chi connectivity index (χ1) is 12.8. The summed E-state index contributed by atoms with van der Waals surface area (Å²) in [4.78, 5) is 18.8. The summed E-state index contributed by atoms with van der Waals surface area (Å²) in [6.07, 6.45) is 5.92. The molecule has 8 nitrogen and oxygen atoms in total. The number of H-pyrrole nitrogens is 1. The Labute approximate surface area is 149 Å². The van der Waals surface area contributed by atoms with E-state index in [0.29, 0.717) is 5.89 Å². The van der Waals surface area contributed by atoms with Crippen molar-refractivity contribution in [2.45, 2.75) is 44.3 Å². The van der Waals surface area contributed by atoms with Gasteiger partial charge in [0.2, 0.25) is 5.89 Å². The van der Waals surface area contributed by atoms with Crippen LogP contribution in [0.5, 0.6) is 0 Å². The molecule has 2 N–H and O–H groups in total. The fourth-order valence-corrected chi connectivity index (χ4v) is 3.55. The lowest BCUT2D eigenvalue weighted by Crippen LogP contribution is -2.27. The number of nitrogens with one attached hydrogen (secondary N) is 2. The summed E-state index contributed by atoms with van der Waals surface area (Å²) in [7, 11) is 0. The second-order valence-electron chi connectivity index (χ2n) is 7.12. The molecule has 8 heteroatoms. The van der Waals surface area contributed by atoms with Crippen LogP contribution in [0.1, 0.15) is 53.8 Å². The van der Waals surface area contributed by atoms with Gasteiger partial charge in [-0.25, -0.2) is 0 Å². The van der Waals surface area contributed by atoms with E-state index in [-0.39, 0.29) is 23.8 Å². The van der Waals surface area contributed by atoms with Gasteiger partial charge in [0.25, 0.3) is 11.7 Å². The van der Waals surface area contributed by atoms with Crippen molar-refractivity contribution >= 4 is 16.8 Å². The summed E-state index contributed by atoms with van der Waals surface area (Å²) in [6.45, 7) is 1.77. The van der Waals surface area contributed by atoms with E-state index in [1.807, 2.05) is 6.20 Å². The molecule has 0 bridgehead atoms. The van der Waals surface area contributed by atoms with Crippen LogP contribution in [-0.4, -0.2) is 43.7 Å². The standard InChI is InChI=1S/C18H20N6O2/c25-17(20-13-5-6-13)16-21-18(26-23-16)15-2-1-7-24(15)10-11-3-4-12-9-19-22-14(12)8-11/h3-4,8-9,13,15H,1-2,5-7,10H2,(H,19,22)(H,20,25)/t15-/m0/s1. The monoisotopic (exact) mass is 352 g/mol. The molecule has 26 heavy (non-hydrogen) atoms. The molecule has 1 amide bonds. The third-order valence-electron chi connectivity index (χ3n) is 5.10. The minimum Gasteiger partial charge on any atom is -0.346 e. The average Bonchev–Trinajstić information content (AvgIpc) is 3.08. The Hall–Kier alpha value is -2.74. The van der Waals surface area contributed by atoms with Crippen LogP contribution < -0.4 is 5.32 Å². The molecule has 1 saturated carbocycles. The summed E-state index contributed by atoms with van der Waals surface area (Å²) in [5, 5.41) is 15.0. The van der Waals surface area contributed by atoms with Gasteiger partial charge in [-0.2, -0.15) is 10.1 Å². The molecule has 0 radical (unpaired) electrons. The van der Waals surface area contributed by atoms with Crippen LogP contribution in [-0.2, 0) is 6.54 Å². The molecule has 5 rings (SSSR count). The van der Waals surface area contributed by atoms with Crippen LogP contribution >= 0.6 is 0 Å². The second-order valence-corrected chi connectivity index (χ2v) is 7.12. The number of rotatable bonds is 5. The Bertz CT molecular complexity index is 944. The summed E-state index contributed by atoms with van der Waals surface area (Å²) in [6, 6.07) is 6.66. The lowest BCUT2D eigenvalue weighted by molar-refractivity contribution is 0.0937. The van der Waals surface area contributed by atoms with Gasteiger partial charge in [-0.05, 0) is 43.9 Å². The van der Waals surface area contributed by atoms with Crippen molar-refractivity contribution in [2.75, 3.05) is 6.54 Å². The number of amides is 1. The van der Waals surface area contributed by atoms with Gasteiger partial charge in [0.15, 0.2) is 0 Å². The molecule has 0 spiro atoms. The second kappa shape index (κ2) is 6.21. The first-order valence-electron chi connectivity index (χ1n) is 9.07. The Morgan fingerprint density at radius 1 is 1.35 bits per heavy atom. The third-order valence-corrected chi connectivity index (χ3v) is 5.10. The Morgan fingerprint density at radius 3 is 3.15 bits per heavy atom. The zero-order chi connectivity index (χ0) is 17.5. The first-order valence-corrected chi connectivity index (χ1v) is 9.07. The van der Waals surface area contributed by atoms with E-state index in [1.54, 1.807) is 0 Å². The molecule has 2 fully saturated rings. The van der Waals surface area contributed by atoms with Crippen molar-refractivity contribution in [3.8, 4) is 0 Å². The number of hydrogen-bond donors (Lipinski definition) is 2.